The fraction of sp³-hybridized carbons (Fsp3) is 0.750. The van der Waals surface area contributed by atoms with Gasteiger partial charge in [0.05, 0.1) is 0 Å². The SMILES string of the molecule is [CH2-]C(C)C.[CH2-]C(C)C.[Zr+2]. The molecule has 0 saturated heterocycles. The summed E-state index contributed by atoms with van der Waals surface area (Å²) in [6.07, 6.45) is 0. The monoisotopic (exact) mass is 204 g/mol. The van der Waals surface area contributed by atoms with Crippen LogP contribution in [0.3, 0.4) is 0 Å². The van der Waals surface area contributed by atoms with Crippen LogP contribution >= 0.6 is 0 Å². The molecule has 0 unspecified atom stereocenters. The predicted octanol–water partition coefficient (Wildman–Crippen LogP) is 2.95. The van der Waals surface area contributed by atoms with E-state index in [-0.39, 0.29) is 26.2 Å². The van der Waals surface area contributed by atoms with Crippen molar-refractivity contribution in [3.8, 4) is 0 Å². The van der Waals surface area contributed by atoms with Gasteiger partial charge in [0, 0.05) is 0 Å². The van der Waals surface area contributed by atoms with Gasteiger partial charge in [0.25, 0.3) is 0 Å². The molecule has 0 spiro atoms. The molecule has 9 heavy (non-hydrogen) atoms. The zero-order valence-electron chi connectivity index (χ0n) is 7.07. The first-order valence-corrected chi connectivity index (χ1v) is 3.13. The van der Waals surface area contributed by atoms with E-state index in [2.05, 4.69) is 41.5 Å². The molecule has 0 heterocycles. The molecule has 0 fully saturated rings. The van der Waals surface area contributed by atoms with E-state index in [1.165, 1.54) is 0 Å². The summed E-state index contributed by atoms with van der Waals surface area (Å²) in [5, 5.41) is 0. The Morgan fingerprint density at radius 2 is 0.778 bits per heavy atom. The molecule has 0 radical (unpaired) electrons. The number of hydrogen-bond donors (Lipinski definition) is 0. The molecular weight excluding hydrogens is 187 g/mol. The molecule has 0 aromatic rings. The van der Waals surface area contributed by atoms with Gasteiger partial charge in [0.1, 0.15) is 0 Å². The van der Waals surface area contributed by atoms with Gasteiger partial charge in [-0.3, -0.25) is 0 Å². The maximum atomic E-state index is 3.64. The molecule has 0 aliphatic carbocycles. The molecule has 0 bridgehead atoms. The van der Waals surface area contributed by atoms with E-state index in [0.29, 0.717) is 11.8 Å². The molecule has 0 nitrogen and oxygen atoms in total. The maximum absolute atomic E-state index is 3.64. The second-order valence-electron chi connectivity index (χ2n) is 2.79. The van der Waals surface area contributed by atoms with Gasteiger partial charge >= 0.3 is 26.2 Å². The maximum Gasteiger partial charge on any atom is 2.00 e. The summed E-state index contributed by atoms with van der Waals surface area (Å²) in [5.74, 6) is 1.17. The first kappa shape index (κ1) is 16.5. The van der Waals surface area contributed by atoms with Gasteiger partial charge in [-0.15, -0.1) is 0 Å². The van der Waals surface area contributed by atoms with Crippen LogP contribution in [0.15, 0.2) is 0 Å². The fourth-order valence-electron chi connectivity index (χ4n) is 0. The van der Waals surface area contributed by atoms with Crippen molar-refractivity contribution in [2.24, 2.45) is 11.8 Å². The fourth-order valence-corrected chi connectivity index (χ4v) is 0. The molecule has 0 N–H and O–H groups in total. The minimum Gasteiger partial charge on any atom is -0.341 e. The molecule has 0 aromatic carbocycles. The van der Waals surface area contributed by atoms with E-state index in [1.54, 1.807) is 0 Å². The summed E-state index contributed by atoms with van der Waals surface area (Å²) in [6.45, 7) is 15.5. The van der Waals surface area contributed by atoms with Crippen LogP contribution in [-0.2, 0) is 26.2 Å². The molecule has 1 heteroatoms. The summed E-state index contributed by atoms with van der Waals surface area (Å²) >= 11 is 0. The Morgan fingerprint density at radius 1 is 0.778 bits per heavy atom. The summed E-state index contributed by atoms with van der Waals surface area (Å²) in [7, 11) is 0. The molecule has 0 aliphatic rings. The minimum absolute atomic E-state index is 0. The van der Waals surface area contributed by atoms with Crippen LogP contribution in [0.1, 0.15) is 27.7 Å². The van der Waals surface area contributed by atoms with Gasteiger partial charge in [0.15, 0.2) is 0 Å². The summed E-state index contributed by atoms with van der Waals surface area (Å²) in [6, 6.07) is 0. The van der Waals surface area contributed by atoms with Gasteiger partial charge in [-0.1, -0.05) is 27.7 Å². The zero-order valence-corrected chi connectivity index (χ0v) is 9.53. The van der Waals surface area contributed by atoms with Crippen molar-refractivity contribution in [1.82, 2.24) is 0 Å². The van der Waals surface area contributed by atoms with Gasteiger partial charge in [0.2, 0.25) is 0 Å². The second kappa shape index (κ2) is 11.7. The Hall–Kier alpha value is 0.883. The molecule has 0 rings (SSSR count). The molecule has 0 amide bonds. The van der Waals surface area contributed by atoms with Crippen LogP contribution in [0.4, 0.5) is 0 Å². The van der Waals surface area contributed by atoms with Crippen molar-refractivity contribution < 1.29 is 26.2 Å². The smallest absolute Gasteiger partial charge is 0.341 e. The van der Waals surface area contributed by atoms with Gasteiger partial charge in [-0.25, -0.2) is 0 Å². The Balaban J connectivity index is -0.0000000720. The van der Waals surface area contributed by atoms with Crippen LogP contribution in [0.2, 0.25) is 0 Å². The summed E-state index contributed by atoms with van der Waals surface area (Å²) < 4.78 is 0. The van der Waals surface area contributed by atoms with E-state index in [9.17, 15) is 0 Å². The Labute approximate surface area is 79.5 Å². The topological polar surface area (TPSA) is 0 Å². The van der Waals surface area contributed by atoms with Crippen LogP contribution in [-0.4, -0.2) is 0 Å². The summed E-state index contributed by atoms with van der Waals surface area (Å²) in [4.78, 5) is 0. The van der Waals surface area contributed by atoms with Crippen molar-refractivity contribution in [1.29, 1.82) is 0 Å². The Bertz CT molecular complexity index is 20.0. The third-order valence-electron chi connectivity index (χ3n) is 0. The third kappa shape index (κ3) is 540. The quantitative estimate of drug-likeness (QED) is 0.534. The van der Waals surface area contributed by atoms with E-state index < -0.39 is 0 Å². The first-order chi connectivity index (χ1) is 3.46. The van der Waals surface area contributed by atoms with E-state index in [4.69, 9.17) is 0 Å². The van der Waals surface area contributed by atoms with Crippen LogP contribution < -0.4 is 0 Å². The van der Waals surface area contributed by atoms with E-state index >= 15 is 0 Å². The van der Waals surface area contributed by atoms with E-state index in [1.807, 2.05) is 0 Å². The molecule has 0 aromatic heterocycles. The number of rotatable bonds is 0. The summed E-state index contributed by atoms with van der Waals surface area (Å²) in [5.41, 5.74) is 0. The molecule has 0 atom stereocenters. The Morgan fingerprint density at radius 3 is 0.778 bits per heavy atom. The zero-order chi connectivity index (χ0) is 7.15. The largest absolute Gasteiger partial charge is 2.00 e. The minimum atomic E-state index is 0. The van der Waals surface area contributed by atoms with Crippen molar-refractivity contribution in [2.75, 3.05) is 0 Å². The predicted molar refractivity (Wildman–Crippen MR) is 40.4 cm³/mol. The second-order valence-corrected chi connectivity index (χ2v) is 2.79. The Kier molecular flexibility index (Phi) is 21.3. The normalized spacial score (nSPS) is 8.00. The van der Waals surface area contributed by atoms with Crippen LogP contribution in [0, 0.1) is 25.7 Å². The van der Waals surface area contributed by atoms with Gasteiger partial charge < -0.3 is 13.8 Å². The molecule has 54 valence electrons. The molecule has 0 aliphatic heterocycles. The van der Waals surface area contributed by atoms with Gasteiger partial charge in [-0.05, 0) is 0 Å². The van der Waals surface area contributed by atoms with Crippen molar-refractivity contribution in [3.05, 3.63) is 13.8 Å². The van der Waals surface area contributed by atoms with Crippen molar-refractivity contribution in [3.63, 3.8) is 0 Å². The third-order valence-corrected chi connectivity index (χ3v) is 0. The van der Waals surface area contributed by atoms with Crippen molar-refractivity contribution in [2.45, 2.75) is 27.7 Å². The van der Waals surface area contributed by atoms with Gasteiger partial charge in [-0.2, -0.15) is 11.8 Å². The standard InChI is InChI=1S/2C4H9.Zr/c2*1-4(2)3;/h2*4H,1H2,2-3H3;/q2*-1;+2. The van der Waals surface area contributed by atoms with Crippen LogP contribution in [0.25, 0.3) is 0 Å². The van der Waals surface area contributed by atoms with Crippen molar-refractivity contribution >= 4 is 0 Å². The first-order valence-electron chi connectivity index (χ1n) is 3.13. The molecular formula is C8H18Zr. The van der Waals surface area contributed by atoms with Crippen LogP contribution in [0.5, 0.6) is 0 Å². The average molecular weight is 205 g/mol. The average Bonchev–Trinajstić information content (AvgIpc) is 1.25. The molecule has 0 saturated carbocycles. The number of hydrogen-bond acceptors (Lipinski definition) is 0. The van der Waals surface area contributed by atoms with E-state index in [0.717, 1.165) is 0 Å².